The number of rotatable bonds is 2. The van der Waals surface area contributed by atoms with Crippen LogP contribution in [0.5, 0.6) is 0 Å². The van der Waals surface area contributed by atoms with Crippen LogP contribution in [0.15, 0.2) is 0 Å². The predicted octanol–water partition coefficient (Wildman–Crippen LogP) is 1.15. The van der Waals surface area contributed by atoms with Gasteiger partial charge in [-0.1, -0.05) is 6.92 Å². The van der Waals surface area contributed by atoms with E-state index in [0.717, 1.165) is 6.42 Å². The number of carbonyl (C=O) groups is 1. The van der Waals surface area contributed by atoms with Crippen molar-refractivity contribution in [1.29, 1.82) is 0 Å². The predicted molar refractivity (Wildman–Crippen MR) is 43.1 cm³/mol. The molecule has 1 amide bonds. The second kappa shape index (κ2) is 6.94. The lowest BCUT2D eigenvalue weighted by Crippen LogP contribution is -2.23. The van der Waals surface area contributed by atoms with Crippen LogP contribution >= 0.6 is 0 Å². The Labute approximate surface area is 67.1 Å². The van der Waals surface area contributed by atoms with Crippen molar-refractivity contribution in [3.05, 3.63) is 0 Å². The quantitative estimate of drug-likeness (QED) is 0.479. The summed E-state index contributed by atoms with van der Waals surface area (Å²) < 4.78 is 4.36. The molecule has 0 atom stereocenters. The summed E-state index contributed by atoms with van der Waals surface area (Å²) in [7, 11) is 1.34. The number of nitrogens with one attached hydrogen (secondary N) is 1. The van der Waals surface area contributed by atoms with Gasteiger partial charge in [-0.05, 0) is 0 Å². The van der Waals surface area contributed by atoms with Crippen molar-refractivity contribution in [2.75, 3.05) is 13.7 Å². The van der Waals surface area contributed by atoms with Gasteiger partial charge in [-0.25, -0.2) is 4.79 Å². The number of hydrogen-bond acceptors (Lipinski definition) is 2. The summed E-state index contributed by atoms with van der Waals surface area (Å²) in [5.41, 5.74) is 0. The van der Waals surface area contributed by atoms with Crippen molar-refractivity contribution < 1.29 is 9.53 Å². The van der Waals surface area contributed by atoms with Gasteiger partial charge in [-0.3, -0.25) is 0 Å². The van der Waals surface area contributed by atoms with E-state index in [1.807, 2.05) is 6.92 Å². The van der Waals surface area contributed by atoms with E-state index in [1.165, 1.54) is 7.11 Å². The van der Waals surface area contributed by atoms with Crippen molar-refractivity contribution in [1.82, 2.24) is 5.32 Å². The van der Waals surface area contributed by atoms with E-state index >= 15 is 0 Å². The maximum Gasteiger partial charge on any atom is 0.406 e. The van der Waals surface area contributed by atoms with Gasteiger partial charge in [0, 0.05) is 19.4 Å². The van der Waals surface area contributed by atoms with Crippen LogP contribution < -0.4 is 5.32 Å². The topological polar surface area (TPSA) is 38.3 Å². The minimum absolute atomic E-state index is 0.400. The highest BCUT2D eigenvalue weighted by molar-refractivity contribution is 5.66. The third kappa shape index (κ3) is 6.72. The molecule has 0 unspecified atom stereocenters. The fourth-order valence-corrected chi connectivity index (χ4v) is 0.513. The van der Waals surface area contributed by atoms with Crippen LogP contribution in [0.2, 0.25) is 0 Å². The standard InChI is InChI=1S/C8H13NO2/c1-3-4-5-6-7-9-8(10)11-2/h3,6-7H2,1-2H3,(H,9,10). The lowest BCUT2D eigenvalue weighted by atomic mass is 10.4. The highest BCUT2D eigenvalue weighted by atomic mass is 16.5. The maximum atomic E-state index is 10.5. The Bertz CT molecular complexity index is 167. The molecule has 0 radical (unpaired) electrons. The zero-order chi connectivity index (χ0) is 8.53. The Morgan fingerprint density at radius 3 is 2.82 bits per heavy atom. The van der Waals surface area contributed by atoms with Gasteiger partial charge in [0.15, 0.2) is 0 Å². The Morgan fingerprint density at radius 2 is 2.27 bits per heavy atom. The SMILES string of the molecule is CCC#CCCNC(=O)OC. The van der Waals surface area contributed by atoms with Crippen molar-refractivity contribution in [3.63, 3.8) is 0 Å². The summed E-state index contributed by atoms with van der Waals surface area (Å²) in [5.74, 6) is 5.79. The van der Waals surface area contributed by atoms with E-state index in [0.29, 0.717) is 13.0 Å². The van der Waals surface area contributed by atoms with Crippen LogP contribution in [0.4, 0.5) is 4.79 Å². The van der Waals surface area contributed by atoms with Crippen LogP contribution in [0.3, 0.4) is 0 Å². The fraction of sp³-hybridized carbons (Fsp3) is 0.625. The van der Waals surface area contributed by atoms with Crippen LogP contribution in [0.25, 0.3) is 0 Å². The van der Waals surface area contributed by atoms with E-state index < -0.39 is 6.09 Å². The summed E-state index contributed by atoms with van der Waals surface area (Å²) >= 11 is 0. The molecule has 0 heterocycles. The lowest BCUT2D eigenvalue weighted by molar-refractivity contribution is 0.171. The van der Waals surface area contributed by atoms with Gasteiger partial charge < -0.3 is 10.1 Å². The molecule has 0 aromatic rings. The second-order valence-corrected chi connectivity index (χ2v) is 1.88. The van der Waals surface area contributed by atoms with Crippen LogP contribution in [-0.2, 0) is 4.74 Å². The number of hydrogen-bond donors (Lipinski definition) is 1. The Morgan fingerprint density at radius 1 is 1.55 bits per heavy atom. The molecule has 0 aromatic carbocycles. The Balaban J connectivity index is 3.21. The smallest absolute Gasteiger partial charge is 0.406 e. The fourth-order valence-electron chi connectivity index (χ4n) is 0.513. The number of alkyl carbamates (subject to hydrolysis) is 1. The molecule has 0 saturated heterocycles. The normalized spacial score (nSPS) is 7.82. The number of amides is 1. The molecule has 0 spiro atoms. The number of methoxy groups -OCH3 is 1. The third-order valence-corrected chi connectivity index (χ3v) is 1.01. The first-order chi connectivity index (χ1) is 5.31. The van der Waals surface area contributed by atoms with Gasteiger partial charge >= 0.3 is 6.09 Å². The Kier molecular flexibility index (Phi) is 6.20. The number of carbonyl (C=O) groups excluding carboxylic acids is 1. The van der Waals surface area contributed by atoms with Crippen LogP contribution in [0.1, 0.15) is 19.8 Å². The minimum Gasteiger partial charge on any atom is -0.453 e. The van der Waals surface area contributed by atoms with Crippen molar-refractivity contribution in [2.24, 2.45) is 0 Å². The molecule has 0 aliphatic carbocycles. The Hall–Kier alpha value is -1.17. The zero-order valence-electron chi connectivity index (χ0n) is 6.94. The van der Waals surface area contributed by atoms with Gasteiger partial charge in [0.05, 0.1) is 7.11 Å². The molecule has 0 saturated carbocycles. The molecule has 0 fully saturated rings. The third-order valence-electron chi connectivity index (χ3n) is 1.01. The molecule has 0 aliphatic rings. The van der Waals surface area contributed by atoms with Gasteiger partial charge in [0.1, 0.15) is 0 Å². The van der Waals surface area contributed by atoms with Crippen LogP contribution in [0, 0.1) is 11.8 Å². The summed E-state index contributed by atoms with van der Waals surface area (Å²) in [6, 6.07) is 0. The molecule has 0 bridgehead atoms. The van der Waals surface area contributed by atoms with E-state index in [4.69, 9.17) is 0 Å². The maximum absolute atomic E-state index is 10.5. The molecular formula is C8H13NO2. The van der Waals surface area contributed by atoms with Crippen molar-refractivity contribution >= 4 is 6.09 Å². The highest BCUT2D eigenvalue weighted by Gasteiger charge is 1.93. The molecule has 1 N–H and O–H groups in total. The molecule has 62 valence electrons. The first kappa shape index (κ1) is 9.83. The van der Waals surface area contributed by atoms with Gasteiger partial charge in [-0.2, -0.15) is 0 Å². The summed E-state index contributed by atoms with van der Waals surface area (Å²) in [4.78, 5) is 10.5. The summed E-state index contributed by atoms with van der Waals surface area (Å²) in [5, 5.41) is 2.53. The average Bonchev–Trinajstić information content (AvgIpc) is 2.04. The highest BCUT2D eigenvalue weighted by Crippen LogP contribution is 1.76. The van der Waals surface area contributed by atoms with Crippen molar-refractivity contribution in [3.8, 4) is 11.8 Å². The van der Waals surface area contributed by atoms with Gasteiger partial charge in [0.2, 0.25) is 0 Å². The van der Waals surface area contributed by atoms with Gasteiger partial charge in [0.25, 0.3) is 0 Å². The second-order valence-electron chi connectivity index (χ2n) is 1.88. The molecule has 11 heavy (non-hydrogen) atoms. The molecule has 0 rings (SSSR count). The van der Waals surface area contributed by atoms with E-state index in [9.17, 15) is 4.79 Å². The molecular weight excluding hydrogens is 142 g/mol. The van der Waals surface area contributed by atoms with Crippen molar-refractivity contribution in [2.45, 2.75) is 19.8 Å². The first-order valence-electron chi connectivity index (χ1n) is 3.58. The zero-order valence-corrected chi connectivity index (χ0v) is 6.94. The first-order valence-corrected chi connectivity index (χ1v) is 3.58. The lowest BCUT2D eigenvalue weighted by Gasteiger charge is -1.98. The molecule has 0 aromatic heterocycles. The van der Waals surface area contributed by atoms with Crippen LogP contribution in [-0.4, -0.2) is 19.7 Å². The molecule has 0 aliphatic heterocycles. The molecule has 3 nitrogen and oxygen atoms in total. The van der Waals surface area contributed by atoms with E-state index in [2.05, 4.69) is 21.9 Å². The summed E-state index contributed by atoms with van der Waals surface area (Å²) in [6.07, 6.45) is 1.14. The van der Waals surface area contributed by atoms with E-state index in [1.54, 1.807) is 0 Å². The molecule has 3 heteroatoms. The monoisotopic (exact) mass is 155 g/mol. The van der Waals surface area contributed by atoms with Gasteiger partial charge in [-0.15, -0.1) is 11.8 Å². The number of ether oxygens (including phenoxy) is 1. The summed E-state index contributed by atoms with van der Waals surface area (Å²) in [6.45, 7) is 2.54. The minimum atomic E-state index is -0.400. The largest absolute Gasteiger partial charge is 0.453 e. The van der Waals surface area contributed by atoms with E-state index in [-0.39, 0.29) is 0 Å². The average molecular weight is 155 g/mol.